The van der Waals surface area contributed by atoms with Gasteiger partial charge in [-0.15, -0.1) is 0 Å². The van der Waals surface area contributed by atoms with Gasteiger partial charge in [0.1, 0.15) is 23.9 Å². The number of carbonyl (C=O) groups excluding carboxylic acids is 2. The molecule has 0 aliphatic rings. The van der Waals surface area contributed by atoms with Gasteiger partial charge in [-0.05, 0) is 120 Å². The van der Waals surface area contributed by atoms with Crippen LogP contribution in [0.15, 0.2) is 82.6 Å². The Hall–Kier alpha value is -3.69. The fourth-order valence-electron chi connectivity index (χ4n) is 4.68. The molecule has 0 fully saturated rings. The first-order valence-electron chi connectivity index (χ1n) is 14.6. The summed E-state index contributed by atoms with van der Waals surface area (Å²) >= 11 is 0. The van der Waals surface area contributed by atoms with Crippen LogP contribution in [0.1, 0.15) is 60.5 Å². The van der Waals surface area contributed by atoms with E-state index in [-0.39, 0.29) is 40.0 Å². The highest BCUT2D eigenvalue weighted by molar-refractivity contribution is 7.91. The van der Waals surface area contributed by atoms with Crippen LogP contribution in [0.2, 0.25) is 0 Å². The lowest BCUT2D eigenvalue weighted by molar-refractivity contribution is -0.158. The van der Waals surface area contributed by atoms with Crippen LogP contribution < -0.4 is 9.47 Å². The highest BCUT2D eigenvalue weighted by atomic mass is 32.2. The highest BCUT2D eigenvalue weighted by Gasteiger charge is 2.41. The van der Waals surface area contributed by atoms with E-state index in [1.807, 2.05) is 43.3 Å². The normalized spacial score (nSPS) is 12.6. The number of hydrogen-bond acceptors (Lipinski definition) is 8. The van der Waals surface area contributed by atoms with Crippen LogP contribution in [-0.2, 0) is 29.6 Å². The molecule has 0 radical (unpaired) electrons. The molecular formula is C35H45NO7S. The van der Waals surface area contributed by atoms with Gasteiger partial charge in [0.15, 0.2) is 0 Å². The van der Waals surface area contributed by atoms with E-state index in [0.29, 0.717) is 18.0 Å². The smallest absolute Gasteiger partial charge is 0.316 e. The molecule has 0 unspecified atom stereocenters. The summed E-state index contributed by atoms with van der Waals surface area (Å²) in [5, 5.41) is 0. The van der Waals surface area contributed by atoms with Crippen LogP contribution in [-0.4, -0.2) is 52.5 Å². The summed E-state index contributed by atoms with van der Waals surface area (Å²) in [5.74, 6) is 0.456. The highest BCUT2D eigenvalue weighted by Crippen LogP contribution is 2.36. The fraction of sp³-hybridized carbons (Fsp3) is 0.429. The Bertz CT molecular complexity index is 1530. The third kappa shape index (κ3) is 9.16. The topological polar surface area (TPSA) is 99.2 Å². The van der Waals surface area contributed by atoms with Crippen molar-refractivity contribution in [2.24, 2.45) is 10.8 Å². The van der Waals surface area contributed by atoms with E-state index in [4.69, 9.17) is 14.2 Å². The quantitative estimate of drug-likeness (QED) is 0.156. The van der Waals surface area contributed by atoms with Gasteiger partial charge in [0, 0.05) is 6.54 Å². The molecule has 0 saturated carbocycles. The van der Waals surface area contributed by atoms with Gasteiger partial charge >= 0.3 is 11.9 Å². The van der Waals surface area contributed by atoms with Gasteiger partial charge < -0.3 is 19.1 Å². The molecule has 0 aliphatic carbocycles. The number of esters is 2. The predicted molar refractivity (Wildman–Crippen MR) is 171 cm³/mol. The molecule has 0 heterocycles. The van der Waals surface area contributed by atoms with Crippen molar-refractivity contribution < 1.29 is 32.2 Å². The maximum absolute atomic E-state index is 13.3. The van der Waals surface area contributed by atoms with Crippen LogP contribution >= 0.6 is 0 Å². The SMILES string of the molecule is CN(C)CCOC(=O)C(C)(C)CC(C)(C)C(=O)Oc1ccc(S(=O)(=O)c2ccc(Oc3ccc(C(C)(C)C)cc3)cc2)cc1. The lowest BCUT2D eigenvalue weighted by Crippen LogP contribution is -2.38. The van der Waals surface area contributed by atoms with Crippen molar-refractivity contribution in [1.82, 2.24) is 4.90 Å². The Balaban J connectivity index is 1.63. The zero-order valence-electron chi connectivity index (χ0n) is 27.3. The summed E-state index contributed by atoms with van der Waals surface area (Å²) < 4.78 is 43.4. The van der Waals surface area contributed by atoms with E-state index in [2.05, 4.69) is 20.8 Å². The molecule has 8 nitrogen and oxygen atoms in total. The standard InChI is InChI=1S/C35H45NO7S/c1-33(2,3)25-10-12-26(13-11-25)42-27-14-18-29(19-15-27)44(39,40)30-20-16-28(17-21-30)43-32(38)35(6,7)24-34(4,5)31(37)41-23-22-36(8)9/h10-21H,22-24H2,1-9H3. The van der Waals surface area contributed by atoms with Crippen molar-refractivity contribution in [2.75, 3.05) is 27.2 Å². The number of nitrogens with zero attached hydrogens (tertiary/aromatic N) is 1. The number of likely N-dealkylation sites (N-methyl/N-ethyl adjacent to an activating group) is 1. The van der Waals surface area contributed by atoms with E-state index < -0.39 is 26.6 Å². The zero-order chi connectivity index (χ0) is 32.9. The second-order valence-electron chi connectivity index (χ2n) is 13.6. The summed E-state index contributed by atoms with van der Waals surface area (Å²) in [5.41, 5.74) is -0.698. The lowest BCUT2D eigenvalue weighted by atomic mass is 9.75. The maximum atomic E-state index is 13.3. The number of sulfone groups is 1. The molecule has 9 heteroatoms. The molecule has 0 aromatic heterocycles. The Kier molecular flexibility index (Phi) is 10.7. The van der Waals surface area contributed by atoms with Crippen LogP contribution in [0.3, 0.4) is 0 Å². The number of ether oxygens (including phenoxy) is 3. The molecule has 3 rings (SSSR count). The van der Waals surface area contributed by atoms with Gasteiger partial charge in [-0.25, -0.2) is 8.42 Å². The van der Waals surface area contributed by atoms with Gasteiger partial charge in [0.05, 0.1) is 20.6 Å². The van der Waals surface area contributed by atoms with Gasteiger partial charge in [0.2, 0.25) is 9.84 Å². The van der Waals surface area contributed by atoms with Gasteiger partial charge in [-0.2, -0.15) is 0 Å². The minimum atomic E-state index is -3.82. The number of hydrogen-bond donors (Lipinski definition) is 0. The molecule has 3 aromatic carbocycles. The summed E-state index contributed by atoms with van der Waals surface area (Å²) in [4.78, 5) is 27.8. The fourth-order valence-corrected chi connectivity index (χ4v) is 5.94. The Morgan fingerprint density at radius 2 is 1.09 bits per heavy atom. The molecule has 0 aliphatic heterocycles. The molecule has 0 N–H and O–H groups in total. The van der Waals surface area contributed by atoms with E-state index in [1.165, 1.54) is 42.0 Å². The molecule has 0 amide bonds. The number of benzene rings is 3. The van der Waals surface area contributed by atoms with Crippen molar-refractivity contribution >= 4 is 21.8 Å². The third-order valence-corrected chi connectivity index (χ3v) is 8.98. The largest absolute Gasteiger partial charge is 0.464 e. The van der Waals surface area contributed by atoms with Crippen molar-refractivity contribution in [3.8, 4) is 17.2 Å². The van der Waals surface area contributed by atoms with E-state index >= 15 is 0 Å². The zero-order valence-corrected chi connectivity index (χ0v) is 28.1. The molecular weight excluding hydrogens is 578 g/mol. The summed E-state index contributed by atoms with van der Waals surface area (Å²) in [7, 11) is -0.0407. The van der Waals surface area contributed by atoms with Crippen LogP contribution in [0.4, 0.5) is 0 Å². The molecule has 0 saturated heterocycles. The first kappa shape index (κ1) is 34.8. The predicted octanol–water partition coefficient (Wildman–Crippen LogP) is 7.06. The van der Waals surface area contributed by atoms with Crippen LogP contribution in [0, 0.1) is 10.8 Å². The van der Waals surface area contributed by atoms with Gasteiger partial charge in [-0.1, -0.05) is 32.9 Å². The average molecular weight is 624 g/mol. The Labute approximate surface area is 262 Å². The van der Waals surface area contributed by atoms with Crippen molar-refractivity contribution in [1.29, 1.82) is 0 Å². The van der Waals surface area contributed by atoms with Gasteiger partial charge in [0.25, 0.3) is 0 Å². The first-order valence-corrected chi connectivity index (χ1v) is 16.1. The first-order chi connectivity index (χ1) is 20.3. The molecule has 238 valence electrons. The minimum absolute atomic E-state index is 0.0327. The lowest BCUT2D eigenvalue weighted by Gasteiger charge is -2.31. The molecule has 3 aromatic rings. The second-order valence-corrected chi connectivity index (χ2v) is 15.5. The monoisotopic (exact) mass is 623 g/mol. The summed E-state index contributed by atoms with van der Waals surface area (Å²) in [6.07, 6.45) is 0.202. The van der Waals surface area contributed by atoms with Crippen LogP contribution in [0.5, 0.6) is 17.2 Å². The molecule has 0 spiro atoms. The molecule has 0 bridgehead atoms. The summed E-state index contributed by atoms with van der Waals surface area (Å²) in [6, 6.07) is 19.7. The Morgan fingerprint density at radius 1 is 0.659 bits per heavy atom. The molecule has 0 atom stereocenters. The average Bonchev–Trinajstić information content (AvgIpc) is 2.92. The van der Waals surface area contributed by atoms with E-state index in [0.717, 1.165) is 0 Å². The number of carbonyl (C=O) groups is 2. The third-order valence-electron chi connectivity index (χ3n) is 7.20. The van der Waals surface area contributed by atoms with Crippen molar-refractivity contribution in [3.63, 3.8) is 0 Å². The van der Waals surface area contributed by atoms with Gasteiger partial charge in [-0.3, -0.25) is 9.59 Å². The van der Waals surface area contributed by atoms with Crippen molar-refractivity contribution in [3.05, 3.63) is 78.4 Å². The van der Waals surface area contributed by atoms with E-state index in [1.54, 1.807) is 39.8 Å². The minimum Gasteiger partial charge on any atom is -0.464 e. The Morgan fingerprint density at radius 3 is 1.55 bits per heavy atom. The summed E-state index contributed by atoms with van der Waals surface area (Å²) in [6.45, 7) is 14.2. The molecule has 44 heavy (non-hydrogen) atoms. The van der Waals surface area contributed by atoms with Crippen molar-refractivity contribution in [2.45, 2.75) is 70.1 Å². The maximum Gasteiger partial charge on any atom is 0.316 e. The number of rotatable bonds is 12. The van der Waals surface area contributed by atoms with Crippen LogP contribution in [0.25, 0.3) is 0 Å². The second kappa shape index (κ2) is 13.5. The van der Waals surface area contributed by atoms with E-state index in [9.17, 15) is 18.0 Å².